The molecule has 1 saturated heterocycles. The van der Waals surface area contributed by atoms with Gasteiger partial charge in [-0.25, -0.2) is 8.78 Å². The van der Waals surface area contributed by atoms with Gasteiger partial charge in [-0.15, -0.1) is 0 Å². The average Bonchev–Trinajstić information content (AvgIpc) is 2.79. The first kappa shape index (κ1) is 23.5. The standard InChI is InChI=1S/C25H27ClF2N2O3/c26-18-4-5-22-21(14-18)23(31)29-16-25(6-2-1-3-11-33-22)7-9-30(10-8-25)24(32)17-12-19(27)15-20(28)13-17/h4-5,12-15H,1-3,6-11,16H2,(H,29,31). The van der Waals surface area contributed by atoms with Crippen molar-refractivity contribution in [2.45, 2.75) is 38.5 Å². The van der Waals surface area contributed by atoms with Crippen molar-refractivity contribution in [1.29, 1.82) is 0 Å². The smallest absolute Gasteiger partial charge is 0.255 e. The molecule has 2 aromatic carbocycles. The fourth-order valence-corrected chi connectivity index (χ4v) is 4.86. The molecule has 5 nitrogen and oxygen atoms in total. The monoisotopic (exact) mass is 476 g/mol. The Hall–Kier alpha value is -2.67. The number of halogens is 3. The Morgan fingerprint density at radius 2 is 1.73 bits per heavy atom. The van der Waals surface area contributed by atoms with Crippen molar-refractivity contribution in [1.82, 2.24) is 10.2 Å². The van der Waals surface area contributed by atoms with E-state index >= 15 is 0 Å². The molecule has 4 rings (SSSR count). The van der Waals surface area contributed by atoms with Crippen molar-refractivity contribution in [3.63, 3.8) is 0 Å². The summed E-state index contributed by atoms with van der Waals surface area (Å²) in [5.74, 6) is -1.62. The first-order valence-electron chi connectivity index (χ1n) is 11.3. The van der Waals surface area contributed by atoms with E-state index in [1.54, 1.807) is 23.1 Å². The second-order valence-corrected chi connectivity index (χ2v) is 9.37. The second kappa shape index (κ2) is 10.1. The lowest BCUT2D eigenvalue weighted by Crippen LogP contribution is -2.48. The van der Waals surface area contributed by atoms with Crippen molar-refractivity contribution in [3.8, 4) is 5.75 Å². The molecule has 2 heterocycles. The Bertz CT molecular complexity index is 1020. The summed E-state index contributed by atoms with van der Waals surface area (Å²) in [4.78, 5) is 27.4. The van der Waals surface area contributed by atoms with Gasteiger partial charge in [0.05, 0.1) is 12.2 Å². The summed E-state index contributed by atoms with van der Waals surface area (Å²) in [7, 11) is 0. The van der Waals surface area contributed by atoms with Gasteiger partial charge in [-0.2, -0.15) is 0 Å². The number of likely N-dealkylation sites (tertiary alicyclic amines) is 1. The number of hydrogen-bond donors (Lipinski definition) is 1. The zero-order valence-corrected chi connectivity index (χ0v) is 19.1. The lowest BCUT2D eigenvalue weighted by atomic mass is 9.74. The van der Waals surface area contributed by atoms with Gasteiger partial charge in [0.2, 0.25) is 0 Å². The molecular formula is C25H27ClF2N2O3. The summed E-state index contributed by atoms with van der Waals surface area (Å²) in [5.41, 5.74) is 0.293. The molecule has 1 fully saturated rings. The van der Waals surface area contributed by atoms with Gasteiger partial charge in [-0.3, -0.25) is 9.59 Å². The third-order valence-electron chi connectivity index (χ3n) is 6.64. The number of carbonyl (C=O) groups is 2. The number of piperidine rings is 1. The van der Waals surface area contributed by atoms with Crippen LogP contribution in [0.2, 0.25) is 5.02 Å². The molecule has 33 heavy (non-hydrogen) atoms. The van der Waals surface area contributed by atoms with E-state index < -0.39 is 11.6 Å². The molecule has 0 aromatic heterocycles. The number of nitrogens with one attached hydrogen (secondary N) is 1. The van der Waals surface area contributed by atoms with Crippen LogP contribution in [0.15, 0.2) is 36.4 Å². The van der Waals surface area contributed by atoms with E-state index in [0.29, 0.717) is 55.4 Å². The Kier molecular flexibility index (Phi) is 7.17. The molecule has 2 aliphatic rings. The van der Waals surface area contributed by atoms with Crippen LogP contribution in [-0.2, 0) is 0 Å². The molecule has 2 aliphatic heterocycles. The third kappa shape index (κ3) is 5.64. The highest BCUT2D eigenvalue weighted by Crippen LogP contribution is 2.37. The van der Waals surface area contributed by atoms with E-state index in [1.807, 2.05) is 0 Å². The molecule has 0 atom stereocenters. The Balaban J connectivity index is 1.46. The van der Waals surface area contributed by atoms with Crippen LogP contribution in [0.3, 0.4) is 0 Å². The molecule has 0 bridgehead atoms. The van der Waals surface area contributed by atoms with Crippen LogP contribution < -0.4 is 10.1 Å². The maximum Gasteiger partial charge on any atom is 0.255 e. The van der Waals surface area contributed by atoms with E-state index in [9.17, 15) is 18.4 Å². The van der Waals surface area contributed by atoms with E-state index in [4.69, 9.17) is 16.3 Å². The van der Waals surface area contributed by atoms with Gasteiger partial charge in [-0.1, -0.05) is 24.4 Å². The summed E-state index contributed by atoms with van der Waals surface area (Å²) in [5, 5.41) is 3.52. The number of carbonyl (C=O) groups excluding carboxylic acids is 2. The molecule has 2 aromatic rings. The van der Waals surface area contributed by atoms with Crippen LogP contribution in [0.1, 0.15) is 59.2 Å². The Morgan fingerprint density at radius 1 is 1.00 bits per heavy atom. The van der Waals surface area contributed by atoms with Gasteiger partial charge < -0.3 is 15.0 Å². The van der Waals surface area contributed by atoms with Gasteiger partial charge in [0.25, 0.3) is 11.8 Å². The van der Waals surface area contributed by atoms with Gasteiger partial charge in [0.1, 0.15) is 17.4 Å². The number of nitrogens with zero attached hydrogens (tertiary/aromatic N) is 1. The second-order valence-electron chi connectivity index (χ2n) is 8.93. The molecule has 8 heteroatoms. The summed E-state index contributed by atoms with van der Waals surface area (Å²) in [6.07, 6.45) is 5.22. The van der Waals surface area contributed by atoms with Crippen LogP contribution >= 0.6 is 11.6 Å². The zero-order chi connectivity index (χ0) is 23.4. The van der Waals surface area contributed by atoms with Crippen LogP contribution in [0.25, 0.3) is 0 Å². The fourth-order valence-electron chi connectivity index (χ4n) is 4.69. The number of amides is 2. The average molecular weight is 477 g/mol. The first-order chi connectivity index (χ1) is 15.8. The van der Waals surface area contributed by atoms with E-state index in [0.717, 1.165) is 43.9 Å². The molecule has 1 spiro atoms. The van der Waals surface area contributed by atoms with E-state index in [2.05, 4.69) is 5.32 Å². The van der Waals surface area contributed by atoms with Crippen molar-refractivity contribution in [2.75, 3.05) is 26.2 Å². The zero-order valence-electron chi connectivity index (χ0n) is 18.3. The summed E-state index contributed by atoms with van der Waals surface area (Å²) < 4.78 is 32.9. The number of ether oxygens (including phenoxy) is 1. The minimum absolute atomic E-state index is 0.0175. The van der Waals surface area contributed by atoms with Crippen LogP contribution in [0.4, 0.5) is 8.78 Å². The maximum atomic E-state index is 13.6. The number of fused-ring (bicyclic) bond motifs is 1. The van der Waals surface area contributed by atoms with Crippen molar-refractivity contribution < 1.29 is 23.1 Å². The quantitative estimate of drug-likeness (QED) is 0.613. The van der Waals surface area contributed by atoms with Gasteiger partial charge >= 0.3 is 0 Å². The number of rotatable bonds is 1. The molecular weight excluding hydrogens is 450 g/mol. The highest BCUT2D eigenvalue weighted by atomic mass is 35.5. The van der Waals surface area contributed by atoms with E-state index in [-0.39, 0.29) is 22.8 Å². The summed E-state index contributed by atoms with van der Waals surface area (Å²) in [6.45, 7) is 1.95. The number of benzene rings is 2. The SMILES string of the molecule is O=C1NCC2(CCCCCOc3ccc(Cl)cc31)CCN(C(=O)c1cc(F)cc(F)c1)CC2. The normalized spacial score (nSPS) is 19.0. The fraction of sp³-hybridized carbons (Fsp3) is 0.440. The minimum Gasteiger partial charge on any atom is -0.493 e. The first-order valence-corrected chi connectivity index (χ1v) is 11.7. The molecule has 0 aliphatic carbocycles. The van der Waals surface area contributed by atoms with Gasteiger partial charge in [0, 0.05) is 36.3 Å². The number of hydrogen-bond acceptors (Lipinski definition) is 3. The Morgan fingerprint density at radius 3 is 2.45 bits per heavy atom. The predicted molar refractivity (Wildman–Crippen MR) is 122 cm³/mol. The lowest BCUT2D eigenvalue weighted by molar-refractivity contribution is 0.0532. The third-order valence-corrected chi connectivity index (χ3v) is 6.88. The van der Waals surface area contributed by atoms with Crippen molar-refractivity contribution >= 4 is 23.4 Å². The van der Waals surface area contributed by atoms with Crippen molar-refractivity contribution in [3.05, 3.63) is 64.2 Å². The summed E-state index contributed by atoms with van der Waals surface area (Å²) in [6, 6.07) is 7.93. The van der Waals surface area contributed by atoms with Gasteiger partial charge in [-0.05, 0) is 61.4 Å². The molecule has 2 amide bonds. The minimum atomic E-state index is -0.766. The predicted octanol–water partition coefficient (Wildman–Crippen LogP) is 5.22. The van der Waals surface area contributed by atoms with Gasteiger partial charge in [0.15, 0.2) is 0 Å². The molecule has 176 valence electrons. The highest BCUT2D eigenvalue weighted by Gasteiger charge is 2.36. The van der Waals surface area contributed by atoms with Crippen molar-refractivity contribution in [2.24, 2.45) is 5.41 Å². The summed E-state index contributed by atoms with van der Waals surface area (Å²) >= 11 is 6.11. The largest absolute Gasteiger partial charge is 0.493 e. The maximum absolute atomic E-state index is 13.6. The molecule has 0 saturated carbocycles. The van der Waals surface area contributed by atoms with E-state index in [1.165, 1.54) is 0 Å². The lowest BCUT2D eigenvalue weighted by Gasteiger charge is -2.42. The molecule has 0 radical (unpaired) electrons. The topological polar surface area (TPSA) is 58.6 Å². The molecule has 0 unspecified atom stereocenters. The van der Waals surface area contributed by atoms with Crippen LogP contribution in [0, 0.1) is 17.0 Å². The van der Waals surface area contributed by atoms with Crippen LogP contribution in [-0.4, -0.2) is 43.0 Å². The molecule has 1 N–H and O–H groups in total. The van der Waals surface area contributed by atoms with Crippen LogP contribution in [0.5, 0.6) is 5.75 Å². The highest BCUT2D eigenvalue weighted by molar-refractivity contribution is 6.31. The Labute approximate surface area is 197 Å².